The molecular formula is C4H5BN2O2. The molecule has 1 atom stereocenters. The fourth-order valence-corrected chi connectivity index (χ4v) is 0.557. The highest BCUT2D eigenvalue weighted by Gasteiger charge is 2.36. The summed E-state index contributed by atoms with van der Waals surface area (Å²) < 4.78 is 0. The van der Waals surface area contributed by atoms with Gasteiger partial charge in [0.05, 0.1) is 5.44 Å². The largest absolute Gasteiger partial charge is 0.332 e. The van der Waals surface area contributed by atoms with Crippen molar-refractivity contribution < 1.29 is 9.59 Å². The van der Waals surface area contributed by atoms with E-state index in [1.54, 1.807) is 0 Å². The lowest BCUT2D eigenvalue weighted by atomic mass is 9.80. The van der Waals surface area contributed by atoms with E-state index in [-0.39, 0.29) is 0 Å². The molecule has 4 nitrogen and oxygen atoms in total. The first kappa shape index (κ1) is 6.13. The molecule has 1 rings (SSSR count). The second kappa shape index (κ2) is 1.49. The first-order valence-corrected chi connectivity index (χ1v) is 2.45. The summed E-state index contributed by atoms with van der Waals surface area (Å²) in [5.74, 6) is -0.493. The average Bonchev–Trinajstić information content (AvgIpc) is 1.79. The second-order valence-electron chi connectivity index (χ2n) is 2.11. The predicted molar refractivity (Wildman–Crippen MR) is 30.8 cm³/mol. The van der Waals surface area contributed by atoms with Crippen LogP contribution in [-0.4, -0.2) is 25.2 Å². The highest BCUT2D eigenvalue weighted by molar-refractivity contribution is 6.33. The van der Waals surface area contributed by atoms with E-state index in [0.717, 1.165) is 0 Å². The van der Waals surface area contributed by atoms with Crippen LogP contribution in [0.15, 0.2) is 0 Å². The zero-order chi connectivity index (χ0) is 7.07. The normalized spacial score (nSPS) is 33.9. The van der Waals surface area contributed by atoms with Crippen LogP contribution >= 0.6 is 0 Å². The van der Waals surface area contributed by atoms with Gasteiger partial charge in [-0.1, -0.05) is 0 Å². The zero-order valence-corrected chi connectivity index (χ0v) is 4.89. The molecule has 1 saturated heterocycles. The number of rotatable bonds is 0. The summed E-state index contributed by atoms with van der Waals surface area (Å²) in [5.41, 5.74) is -1.23. The Hall–Kier alpha value is -0.995. The smallest absolute Gasteiger partial charge is 0.321 e. The minimum atomic E-state index is -1.23. The van der Waals surface area contributed by atoms with Crippen LogP contribution in [0, 0.1) is 0 Å². The van der Waals surface area contributed by atoms with Crippen molar-refractivity contribution >= 4 is 19.8 Å². The maximum absolute atomic E-state index is 10.6. The van der Waals surface area contributed by atoms with Gasteiger partial charge in [0.25, 0.3) is 0 Å². The summed E-state index contributed by atoms with van der Waals surface area (Å²) in [6.45, 7) is 1.42. The molecular weight excluding hydrogens is 119 g/mol. The van der Waals surface area contributed by atoms with Gasteiger partial charge in [-0.2, -0.15) is 0 Å². The number of urea groups is 1. The number of imide groups is 1. The monoisotopic (exact) mass is 124 g/mol. The Kier molecular flexibility index (Phi) is 1.02. The van der Waals surface area contributed by atoms with Crippen molar-refractivity contribution in [1.82, 2.24) is 10.6 Å². The van der Waals surface area contributed by atoms with Gasteiger partial charge in [-0.3, -0.25) is 10.1 Å². The Morgan fingerprint density at radius 1 is 1.56 bits per heavy atom. The molecule has 2 radical (unpaired) electrons. The Morgan fingerprint density at radius 3 is 2.22 bits per heavy atom. The van der Waals surface area contributed by atoms with E-state index in [4.69, 9.17) is 7.85 Å². The molecule has 1 aliphatic rings. The minimum absolute atomic E-state index is 0.493. The van der Waals surface area contributed by atoms with Crippen LogP contribution in [0.5, 0.6) is 0 Å². The molecule has 2 N–H and O–H groups in total. The molecule has 1 unspecified atom stereocenters. The number of nitrogens with one attached hydrogen (secondary N) is 2. The molecule has 5 heteroatoms. The van der Waals surface area contributed by atoms with E-state index >= 15 is 0 Å². The molecule has 46 valence electrons. The standard InChI is InChI=1S/C4H5BN2O2/c1-4(5)2(8)6-3(9)7-4/h1H3,(H2,6,7,8,9). The predicted octanol–water partition coefficient (Wildman–Crippen LogP) is -1.29. The summed E-state index contributed by atoms with van der Waals surface area (Å²) in [7, 11) is 5.27. The molecule has 0 saturated carbocycles. The molecule has 0 aromatic carbocycles. The lowest BCUT2D eigenvalue weighted by Gasteiger charge is -2.11. The highest BCUT2D eigenvalue weighted by atomic mass is 16.2. The van der Waals surface area contributed by atoms with Crippen LogP contribution in [0.3, 0.4) is 0 Å². The average molecular weight is 124 g/mol. The van der Waals surface area contributed by atoms with Crippen LogP contribution in [0.1, 0.15) is 6.92 Å². The van der Waals surface area contributed by atoms with Crippen LogP contribution in [0.25, 0.3) is 0 Å². The Morgan fingerprint density at radius 2 is 2.11 bits per heavy atom. The second-order valence-corrected chi connectivity index (χ2v) is 2.11. The van der Waals surface area contributed by atoms with Crippen molar-refractivity contribution in [2.45, 2.75) is 12.4 Å². The van der Waals surface area contributed by atoms with Crippen molar-refractivity contribution in [3.8, 4) is 0 Å². The molecule has 3 amide bonds. The van der Waals surface area contributed by atoms with Crippen LogP contribution < -0.4 is 10.6 Å². The summed E-state index contributed by atoms with van der Waals surface area (Å²) in [6.07, 6.45) is 0. The van der Waals surface area contributed by atoms with Crippen molar-refractivity contribution in [1.29, 1.82) is 0 Å². The van der Waals surface area contributed by atoms with Crippen LogP contribution in [-0.2, 0) is 4.79 Å². The Labute approximate surface area is 53.4 Å². The summed E-state index contributed by atoms with van der Waals surface area (Å²) >= 11 is 0. The molecule has 0 aromatic rings. The van der Waals surface area contributed by atoms with Gasteiger partial charge in [-0.05, 0) is 6.92 Å². The van der Waals surface area contributed by atoms with E-state index < -0.39 is 17.4 Å². The number of carbonyl (C=O) groups excluding carboxylic acids is 2. The van der Waals surface area contributed by atoms with Crippen molar-refractivity contribution in [3.63, 3.8) is 0 Å². The fraction of sp³-hybridized carbons (Fsp3) is 0.500. The number of amides is 3. The molecule has 9 heavy (non-hydrogen) atoms. The summed E-state index contributed by atoms with van der Waals surface area (Å²) in [4.78, 5) is 20.9. The van der Waals surface area contributed by atoms with Gasteiger partial charge in [0, 0.05) is 0 Å². The van der Waals surface area contributed by atoms with Crippen molar-refractivity contribution in [3.05, 3.63) is 0 Å². The van der Waals surface area contributed by atoms with Gasteiger partial charge in [0.1, 0.15) is 7.85 Å². The van der Waals surface area contributed by atoms with Crippen LogP contribution in [0.4, 0.5) is 4.79 Å². The quantitative estimate of drug-likeness (QED) is 0.311. The van der Waals surface area contributed by atoms with E-state index in [2.05, 4.69) is 5.32 Å². The molecule has 1 aliphatic heterocycles. The summed E-state index contributed by atoms with van der Waals surface area (Å²) in [6, 6.07) is -0.537. The van der Waals surface area contributed by atoms with Gasteiger partial charge in [-0.25, -0.2) is 4.79 Å². The molecule has 0 bridgehead atoms. The van der Waals surface area contributed by atoms with Gasteiger partial charge >= 0.3 is 6.03 Å². The lowest BCUT2D eigenvalue weighted by Crippen LogP contribution is -2.43. The number of carbonyl (C=O) groups is 2. The van der Waals surface area contributed by atoms with E-state index in [9.17, 15) is 9.59 Å². The Balaban J connectivity index is 2.81. The third kappa shape index (κ3) is 0.895. The maximum atomic E-state index is 10.6. The number of hydrogen-bond donors (Lipinski definition) is 2. The van der Waals surface area contributed by atoms with E-state index in [0.29, 0.717) is 0 Å². The topological polar surface area (TPSA) is 58.2 Å². The first-order chi connectivity index (χ1) is 4.02. The highest BCUT2D eigenvalue weighted by Crippen LogP contribution is 2.01. The van der Waals surface area contributed by atoms with Gasteiger partial charge in [0.15, 0.2) is 0 Å². The molecule has 0 aliphatic carbocycles. The van der Waals surface area contributed by atoms with Gasteiger partial charge in [-0.15, -0.1) is 0 Å². The summed E-state index contributed by atoms with van der Waals surface area (Å²) in [5, 5.41) is 4.21. The van der Waals surface area contributed by atoms with E-state index in [1.807, 2.05) is 5.32 Å². The first-order valence-electron chi connectivity index (χ1n) is 2.45. The SMILES string of the molecule is [B]C1(C)NC(=O)NC1=O. The zero-order valence-electron chi connectivity index (χ0n) is 4.89. The van der Waals surface area contributed by atoms with Gasteiger partial charge in [0.2, 0.25) is 5.91 Å². The van der Waals surface area contributed by atoms with Crippen molar-refractivity contribution in [2.24, 2.45) is 0 Å². The fourth-order valence-electron chi connectivity index (χ4n) is 0.557. The third-order valence-corrected chi connectivity index (χ3v) is 1.07. The minimum Gasteiger partial charge on any atom is -0.332 e. The molecule has 1 fully saturated rings. The molecule has 0 spiro atoms. The van der Waals surface area contributed by atoms with Gasteiger partial charge < -0.3 is 5.32 Å². The van der Waals surface area contributed by atoms with Crippen LogP contribution in [0.2, 0.25) is 0 Å². The number of hydrogen-bond acceptors (Lipinski definition) is 2. The van der Waals surface area contributed by atoms with Crippen molar-refractivity contribution in [2.75, 3.05) is 0 Å². The Bertz CT molecular complexity index is 177. The molecule has 0 aromatic heterocycles. The van der Waals surface area contributed by atoms with E-state index in [1.165, 1.54) is 6.92 Å². The maximum Gasteiger partial charge on any atom is 0.321 e. The lowest BCUT2D eigenvalue weighted by molar-refractivity contribution is -0.121. The third-order valence-electron chi connectivity index (χ3n) is 1.07. The molecule has 1 heterocycles.